The van der Waals surface area contributed by atoms with Gasteiger partial charge in [-0.3, -0.25) is 0 Å². The van der Waals surface area contributed by atoms with Crippen molar-refractivity contribution in [2.75, 3.05) is 6.54 Å². The van der Waals surface area contributed by atoms with Gasteiger partial charge in [0.05, 0.1) is 0 Å². The van der Waals surface area contributed by atoms with Crippen molar-refractivity contribution >= 4 is 29.2 Å². The molecule has 3 heteroatoms. The second-order valence-electron chi connectivity index (χ2n) is 2.82. The number of likely N-dealkylation sites (tertiary alicyclic amines) is 1. The Hall–Kier alpha value is 0.240. The van der Waals surface area contributed by atoms with Crippen molar-refractivity contribution in [3.05, 3.63) is 0 Å². The van der Waals surface area contributed by atoms with Crippen LogP contribution in [-0.2, 0) is 0 Å². The molecule has 1 aliphatic rings. The number of hydrogen-bond donors (Lipinski definition) is 1. The highest BCUT2D eigenvalue weighted by Crippen LogP contribution is 2.17. The van der Waals surface area contributed by atoms with Crippen LogP contribution in [0.2, 0.25) is 0 Å². The number of piperidine rings is 1. The summed E-state index contributed by atoms with van der Waals surface area (Å²) in [5, 5.41) is 0. The fraction of sp³-hybridized carbons (Fsp3) is 0.857. The Morgan fingerprint density at radius 3 is 2.70 bits per heavy atom. The van der Waals surface area contributed by atoms with E-state index in [1.807, 2.05) is 0 Å². The normalized spacial score (nSPS) is 26.6. The van der Waals surface area contributed by atoms with Crippen LogP contribution >= 0.6 is 24.8 Å². The first kappa shape index (κ1) is 8.34. The SMILES string of the molecule is C[C@@H]1CCCCN1C(=S)S. The first-order chi connectivity index (χ1) is 4.72. The van der Waals surface area contributed by atoms with Crippen molar-refractivity contribution < 1.29 is 0 Å². The van der Waals surface area contributed by atoms with Crippen LogP contribution in [0.15, 0.2) is 0 Å². The Morgan fingerprint density at radius 2 is 2.30 bits per heavy atom. The molecule has 1 nitrogen and oxygen atoms in total. The highest BCUT2D eigenvalue weighted by molar-refractivity contribution is 8.10. The third-order valence-electron chi connectivity index (χ3n) is 2.05. The topological polar surface area (TPSA) is 3.24 Å². The van der Waals surface area contributed by atoms with E-state index in [4.69, 9.17) is 12.2 Å². The Bertz CT molecular complexity index is 136. The molecule has 1 heterocycles. The highest BCUT2D eigenvalue weighted by atomic mass is 32.1. The summed E-state index contributed by atoms with van der Waals surface area (Å²) in [5.74, 6) is 0. The fourth-order valence-electron chi connectivity index (χ4n) is 1.38. The lowest BCUT2D eigenvalue weighted by molar-refractivity contribution is 0.267. The molecule has 0 radical (unpaired) electrons. The van der Waals surface area contributed by atoms with E-state index in [2.05, 4.69) is 24.5 Å². The molecule has 10 heavy (non-hydrogen) atoms. The van der Waals surface area contributed by atoms with Gasteiger partial charge in [-0.25, -0.2) is 0 Å². The van der Waals surface area contributed by atoms with Crippen LogP contribution in [0.3, 0.4) is 0 Å². The average Bonchev–Trinajstić information content (AvgIpc) is 1.88. The van der Waals surface area contributed by atoms with E-state index < -0.39 is 0 Å². The summed E-state index contributed by atoms with van der Waals surface area (Å²) in [5.41, 5.74) is 0. The van der Waals surface area contributed by atoms with Crippen LogP contribution in [0.5, 0.6) is 0 Å². The largest absolute Gasteiger partial charge is 0.355 e. The van der Waals surface area contributed by atoms with Crippen LogP contribution in [0, 0.1) is 0 Å². The van der Waals surface area contributed by atoms with Gasteiger partial charge in [0, 0.05) is 12.6 Å². The lowest BCUT2D eigenvalue weighted by Crippen LogP contribution is -2.38. The van der Waals surface area contributed by atoms with Gasteiger partial charge in [-0.2, -0.15) is 0 Å². The lowest BCUT2D eigenvalue weighted by atomic mass is 10.1. The van der Waals surface area contributed by atoms with Crippen molar-refractivity contribution in [1.82, 2.24) is 4.90 Å². The Balaban J connectivity index is 2.47. The van der Waals surface area contributed by atoms with Crippen molar-refractivity contribution in [3.63, 3.8) is 0 Å². The zero-order chi connectivity index (χ0) is 7.56. The summed E-state index contributed by atoms with van der Waals surface area (Å²) in [4.78, 5) is 2.20. The van der Waals surface area contributed by atoms with E-state index >= 15 is 0 Å². The molecule has 1 fully saturated rings. The summed E-state index contributed by atoms with van der Waals surface area (Å²) >= 11 is 9.14. The summed E-state index contributed by atoms with van der Waals surface area (Å²) < 4.78 is 0.757. The molecule has 1 saturated heterocycles. The third kappa shape index (κ3) is 1.86. The monoisotopic (exact) mass is 175 g/mol. The minimum atomic E-state index is 0.610. The molecule has 0 spiro atoms. The van der Waals surface area contributed by atoms with E-state index in [9.17, 15) is 0 Å². The van der Waals surface area contributed by atoms with Gasteiger partial charge in [0.1, 0.15) is 4.32 Å². The summed E-state index contributed by atoms with van der Waals surface area (Å²) in [6.07, 6.45) is 3.87. The number of thiocarbonyl (C=S) groups is 1. The van der Waals surface area contributed by atoms with Gasteiger partial charge in [0.2, 0.25) is 0 Å². The van der Waals surface area contributed by atoms with Crippen molar-refractivity contribution in [3.8, 4) is 0 Å². The smallest absolute Gasteiger partial charge is 0.133 e. The molecular formula is C7H13NS2. The fourth-order valence-corrected chi connectivity index (χ4v) is 1.95. The van der Waals surface area contributed by atoms with Crippen molar-refractivity contribution in [2.24, 2.45) is 0 Å². The van der Waals surface area contributed by atoms with Gasteiger partial charge in [-0.15, -0.1) is 12.6 Å². The molecule has 58 valence electrons. The number of nitrogens with zero attached hydrogens (tertiary/aromatic N) is 1. The van der Waals surface area contributed by atoms with Crippen LogP contribution < -0.4 is 0 Å². The molecule has 0 aromatic heterocycles. The molecule has 1 atom stereocenters. The second-order valence-corrected chi connectivity index (χ2v) is 3.93. The van der Waals surface area contributed by atoms with Gasteiger partial charge in [0.25, 0.3) is 0 Å². The average molecular weight is 175 g/mol. The van der Waals surface area contributed by atoms with E-state index in [-0.39, 0.29) is 0 Å². The molecular weight excluding hydrogens is 162 g/mol. The van der Waals surface area contributed by atoms with E-state index in [1.165, 1.54) is 19.3 Å². The van der Waals surface area contributed by atoms with Crippen molar-refractivity contribution in [2.45, 2.75) is 32.2 Å². The lowest BCUT2D eigenvalue weighted by Gasteiger charge is -2.33. The Morgan fingerprint density at radius 1 is 1.60 bits per heavy atom. The maximum Gasteiger partial charge on any atom is 0.133 e. The zero-order valence-corrected chi connectivity index (χ0v) is 7.92. The summed E-state index contributed by atoms with van der Waals surface area (Å²) in [7, 11) is 0. The predicted octanol–water partition coefficient (Wildman–Crippen LogP) is 2.08. The third-order valence-corrected chi connectivity index (χ3v) is 2.54. The molecule has 0 aliphatic carbocycles. The highest BCUT2D eigenvalue weighted by Gasteiger charge is 2.17. The molecule has 0 saturated carbocycles. The maximum atomic E-state index is 4.98. The Kier molecular flexibility index (Phi) is 2.98. The standard InChI is InChI=1S/C7H13NS2/c1-6-4-2-3-5-8(6)7(9)10/h6H,2-5H2,1H3,(H,9,10)/t6-/m1/s1. The molecule has 0 N–H and O–H groups in total. The molecule has 0 bridgehead atoms. The first-order valence-corrected chi connectivity index (χ1v) is 4.57. The Labute approximate surface area is 73.2 Å². The number of rotatable bonds is 0. The molecule has 1 rings (SSSR count). The van der Waals surface area contributed by atoms with Gasteiger partial charge in [-0.05, 0) is 26.2 Å². The van der Waals surface area contributed by atoms with Crippen LogP contribution in [0.25, 0.3) is 0 Å². The van der Waals surface area contributed by atoms with Crippen molar-refractivity contribution in [1.29, 1.82) is 0 Å². The molecule has 0 aromatic carbocycles. The summed E-state index contributed by atoms with van der Waals surface area (Å²) in [6, 6.07) is 0.610. The number of thiol groups is 1. The van der Waals surface area contributed by atoms with Crippen LogP contribution in [0.4, 0.5) is 0 Å². The predicted molar refractivity (Wildman–Crippen MR) is 51.6 cm³/mol. The zero-order valence-electron chi connectivity index (χ0n) is 6.21. The van der Waals surface area contributed by atoms with Crippen LogP contribution in [0.1, 0.15) is 26.2 Å². The minimum absolute atomic E-state index is 0.610. The second kappa shape index (κ2) is 3.58. The van der Waals surface area contributed by atoms with Gasteiger partial charge in [-0.1, -0.05) is 12.2 Å². The molecule has 1 aliphatic heterocycles. The van der Waals surface area contributed by atoms with E-state index in [0.717, 1.165) is 10.9 Å². The van der Waals surface area contributed by atoms with Gasteiger partial charge < -0.3 is 4.90 Å². The minimum Gasteiger partial charge on any atom is -0.355 e. The van der Waals surface area contributed by atoms with Crippen LogP contribution in [-0.4, -0.2) is 21.8 Å². The first-order valence-electron chi connectivity index (χ1n) is 3.71. The van der Waals surface area contributed by atoms with E-state index in [0.29, 0.717) is 6.04 Å². The number of hydrogen-bond acceptors (Lipinski definition) is 1. The summed E-state index contributed by atoms with van der Waals surface area (Å²) in [6.45, 7) is 3.31. The van der Waals surface area contributed by atoms with Gasteiger partial charge in [0.15, 0.2) is 0 Å². The molecule has 0 aromatic rings. The van der Waals surface area contributed by atoms with E-state index in [1.54, 1.807) is 0 Å². The molecule has 0 amide bonds. The van der Waals surface area contributed by atoms with Gasteiger partial charge >= 0.3 is 0 Å². The maximum absolute atomic E-state index is 4.98. The quantitative estimate of drug-likeness (QED) is 0.443. The molecule has 0 unspecified atom stereocenters.